The quantitative estimate of drug-likeness (QED) is 0.849. The zero-order chi connectivity index (χ0) is 13.7. The standard InChI is InChI=1S/C13H17FN2O2/c1-8(2)11(13(18)15-3)16-12(17)9-6-4-5-7-10(9)14/h4-8,11H,1-3H3,(H,15,18)(H,16,17)/t11-/m0/s1. The van der Waals surface area contributed by atoms with Crippen molar-refractivity contribution >= 4 is 11.8 Å². The van der Waals surface area contributed by atoms with E-state index in [2.05, 4.69) is 10.6 Å². The van der Waals surface area contributed by atoms with E-state index in [0.29, 0.717) is 0 Å². The topological polar surface area (TPSA) is 58.2 Å². The second-order valence-electron chi connectivity index (χ2n) is 4.29. The molecular formula is C13H17FN2O2. The number of nitrogens with one attached hydrogen (secondary N) is 2. The SMILES string of the molecule is CNC(=O)[C@@H](NC(=O)c1ccccc1F)C(C)C. The predicted octanol–water partition coefficient (Wildman–Crippen LogP) is 1.33. The van der Waals surface area contributed by atoms with Crippen molar-refractivity contribution in [3.05, 3.63) is 35.6 Å². The first-order valence-electron chi connectivity index (χ1n) is 5.74. The number of halogens is 1. The van der Waals surface area contributed by atoms with Crippen LogP contribution in [0, 0.1) is 11.7 Å². The number of carbonyl (C=O) groups is 2. The second kappa shape index (κ2) is 6.14. The summed E-state index contributed by atoms with van der Waals surface area (Å²) in [7, 11) is 1.49. The van der Waals surface area contributed by atoms with Crippen LogP contribution in [0.25, 0.3) is 0 Å². The summed E-state index contributed by atoms with van der Waals surface area (Å²) in [4.78, 5) is 23.5. The Balaban J connectivity index is 2.86. The van der Waals surface area contributed by atoms with E-state index in [9.17, 15) is 14.0 Å². The molecule has 0 heterocycles. The molecule has 0 saturated heterocycles. The Morgan fingerprint density at radius 3 is 2.33 bits per heavy atom. The highest BCUT2D eigenvalue weighted by Crippen LogP contribution is 2.08. The third-order valence-electron chi connectivity index (χ3n) is 2.60. The van der Waals surface area contributed by atoms with Crippen LogP contribution in [0.1, 0.15) is 24.2 Å². The van der Waals surface area contributed by atoms with Crippen molar-refractivity contribution in [2.75, 3.05) is 7.05 Å². The van der Waals surface area contributed by atoms with Crippen molar-refractivity contribution in [1.82, 2.24) is 10.6 Å². The molecule has 0 bridgehead atoms. The van der Waals surface area contributed by atoms with Gasteiger partial charge in [0.15, 0.2) is 0 Å². The molecule has 0 unspecified atom stereocenters. The molecule has 4 nitrogen and oxygen atoms in total. The summed E-state index contributed by atoms with van der Waals surface area (Å²) in [6, 6.07) is 4.99. The number of likely N-dealkylation sites (N-methyl/N-ethyl adjacent to an activating group) is 1. The smallest absolute Gasteiger partial charge is 0.254 e. The van der Waals surface area contributed by atoms with Gasteiger partial charge in [-0.3, -0.25) is 9.59 Å². The highest BCUT2D eigenvalue weighted by Gasteiger charge is 2.24. The second-order valence-corrected chi connectivity index (χ2v) is 4.29. The summed E-state index contributed by atoms with van der Waals surface area (Å²) < 4.78 is 13.4. The Morgan fingerprint density at radius 1 is 1.22 bits per heavy atom. The molecule has 0 aliphatic rings. The Morgan fingerprint density at radius 2 is 1.83 bits per heavy atom. The van der Waals surface area contributed by atoms with Crippen LogP contribution in [0.3, 0.4) is 0 Å². The van der Waals surface area contributed by atoms with Crippen LogP contribution >= 0.6 is 0 Å². The average Bonchev–Trinajstić information content (AvgIpc) is 2.35. The van der Waals surface area contributed by atoms with Crippen molar-refractivity contribution in [1.29, 1.82) is 0 Å². The molecule has 2 amide bonds. The van der Waals surface area contributed by atoms with E-state index in [0.717, 1.165) is 0 Å². The van der Waals surface area contributed by atoms with Gasteiger partial charge in [-0.25, -0.2) is 4.39 Å². The molecule has 0 aliphatic carbocycles. The molecule has 0 fully saturated rings. The number of amides is 2. The van der Waals surface area contributed by atoms with Gasteiger partial charge in [-0.1, -0.05) is 26.0 Å². The highest BCUT2D eigenvalue weighted by atomic mass is 19.1. The summed E-state index contributed by atoms with van der Waals surface area (Å²) in [5.41, 5.74) is -0.0629. The normalized spacial score (nSPS) is 12.1. The molecule has 1 aromatic carbocycles. The predicted molar refractivity (Wildman–Crippen MR) is 66.6 cm³/mol. The molecular weight excluding hydrogens is 235 g/mol. The van der Waals surface area contributed by atoms with E-state index in [4.69, 9.17) is 0 Å². The van der Waals surface area contributed by atoms with E-state index in [1.807, 2.05) is 13.8 Å². The zero-order valence-electron chi connectivity index (χ0n) is 10.7. The van der Waals surface area contributed by atoms with Crippen molar-refractivity contribution < 1.29 is 14.0 Å². The van der Waals surface area contributed by atoms with Crippen molar-refractivity contribution in [2.45, 2.75) is 19.9 Å². The first kappa shape index (κ1) is 14.2. The molecule has 98 valence electrons. The minimum absolute atomic E-state index is 0.0629. The maximum atomic E-state index is 13.4. The number of hydrogen-bond donors (Lipinski definition) is 2. The van der Waals surface area contributed by atoms with E-state index in [-0.39, 0.29) is 17.4 Å². The Labute approximate surface area is 106 Å². The molecule has 0 aromatic heterocycles. The fraction of sp³-hybridized carbons (Fsp3) is 0.385. The van der Waals surface area contributed by atoms with Crippen LogP contribution in [0.4, 0.5) is 4.39 Å². The van der Waals surface area contributed by atoms with E-state index in [1.165, 1.54) is 25.2 Å². The molecule has 0 saturated carbocycles. The van der Waals surface area contributed by atoms with Gasteiger partial charge in [-0.15, -0.1) is 0 Å². The molecule has 1 rings (SSSR count). The monoisotopic (exact) mass is 252 g/mol. The molecule has 5 heteroatoms. The number of benzene rings is 1. The lowest BCUT2D eigenvalue weighted by Gasteiger charge is -2.20. The molecule has 0 aliphatic heterocycles. The molecule has 0 spiro atoms. The van der Waals surface area contributed by atoms with Gasteiger partial charge < -0.3 is 10.6 Å². The van der Waals surface area contributed by atoms with Gasteiger partial charge in [0.25, 0.3) is 5.91 Å². The molecule has 2 N–H and O–H groups in total. The van der Waals surface area contributed by atoms with Crippen LogP contribution in [-0.2, 0) is 4.79 Å². The summed E-state index contributed by atoms with van der Waals surface area (Å²) in [5.74, 6) is -1.57. The van der Waals surface area contributed by atoms with E-state index >= 15 is 0 Å². The van der Waals surface area contributed by atoms with Gasteiger partial charge in [-0.2, -0.15) is 0 Å². The number of rotatable bonds is 4. The Bertz CT molecular complexity index is 446. The fourth-order valence-corrected chi connectivity index (χ4v) is 1.55. The van der Waals surface area contributed by atoms with Crippen molar-refractivity contribution in [2.24, 2.45) is 5.92 Å². The maximum Gasteiger partial charge on any atom is 0.254 e. The first-order valence-corrected chi connectivity index (χ1v) is 5.74. The maximum absolute atomic E-state index is 13.4. The molecule has 1 aromatic rings. The van der Waals surface area contributed by atoms with Crippen LogP contribution in [0.5, 0.6) is 0 Å². The van der Waals surface area contributed by atoms with Gasteiger partial charge in [0, 0.05) is 7.05 Å². The van der Waals surface area contributed by atoms with Crippen molar-refractivity contribution in [3.63, 3.8) is 0 Å². The van der Waals surface area contributed by atoms with Gasteiger partial charge >= 0.3 is 0 Å². The molecule has 1 atom stereocenters. The fourth-order valence-electron chi connectivity index (χ4n) is 1.55. The van der Waals surface area contributed by atoms with Crippen LogP contribution in [-0.4, -0.2) is 24.9 Å². The third-order valence-corrected chi connectivity index (χ3v) is 2.60. The third kappa shape index (κ3) is 3.29. The number of carbonyl (C=O) groups excluding carboxylic acids is 2. The largest absolute Gasteiger partial charge is 0.357 e. The van der Waals surface area contributed by atoms with E-state index < -0.39 is 17.8 Å². The van der Waals surface area contributed by atoms with E-state index in [1.54, 1.807) is 6.07 Å². The summed E-state index contributed by atoms with van der Waals surface area (Å²) in [6.45, 7) is 3.61. The number of hydrogen-bond acceptors (Lipinski definition) is 2. The van der Waals surface area contributed by atoms with Crippen LogP contribution in [0.15, 0.2) is 24.3 Å². The summed E-state index contributed by atoms with van der Waals surface area (Å²) in [6.07, 6.45) is 0. The minimum Gasteiger partial charge on any atom is -0.357 e. The summed E-state index contributed by atoms with van der Waals surface area (Å²) >= 11 is 0. The van der Waals surface area contributed by atoms with Gasteiger partial charge in [0.1, 0.15) is 11.9 Å². The lowest BCUT2D eigenvalue weighted by Crippen LogP contribution is -2.48. The molecule has 18 heavy (non-hydrogen) atoms. The first-order chi connectivity index (χ1) is 8.47. The van der Waals surface area contributed by atoms with Gasteiger partial charge in [0.2, 0.25) is 5.91 Å². The van der Waals surface area contributed by atoms with Gasteiger partial charge in [0.05, 0.1) is 5.56 Å². The zero-order valence-corrected chi connectivity index (χ0v) is 10.7. The lowest BCUT2D eigenvalue weighted by molar-refractivity contribution is -0.123. The Kier molecular flexibility index (Phi) is 4.83. The van der Waals surface area contributed by atoms with Gasteiger partial charge in [-0.05, 0) is 18.1 Å². The lowest BCUT2D eigenvalue weighted by atomic mass is 10.0. The average molecular weight is 252 g/mol. The Hall–Kier alpha value is -1.91. The van der Waals surface area contributed by atoms with Crippen LogP contribution in [0.2, 0.25) is 0 Å². The highest BCUT2D eigenvalue weighted by molar-refractivity contribution is 5.97. The molecule has 0 radical (unpaired) electrons. The summed E-state index contributed by atoms with van der Waals surface area (Å²) in [5, 5.41) is 5.00. The van der Waals surface area contributed by atoms with Crippen LogP contribution < -0.4 is 10.6 Å². The van der Waals surface area contributed by atoms with Crippen molar-refractivity contribution in [3.8, 4) is 0 Å². The minimum atomic E-state index is -0.679.